The molecule has 0 radical (unpaired) electrons. The molecule has 7 heteroatoms. The molecule has 0 aromatic rings. The van der Waals surface area contributed by atoms with Crippen molar-refractivity contribution in [2.75, 3.05) is 39.4 Å². The fourth-order valence-corrected chi connectivity index (χ4v) is 2.19. The number of ketones is 1. The van der Waals surface area contributed by atoms with Crippen LogP contribution >= 0.6 is 0 Å². The summed E-state index contributed by atoms with van der Waals surface area (Å²) in [5.74, 6) is -0.482. The van der Waals surface area contributed by atoms with Gasteiger partial charge < -0.3 is 15.2 Å². The molecule has 2 atom stereocenters. The van der Waals surface area contributed by atoms with Crippen molar-refractivity contribution >= 4 is 11.8 Å². The van der Waals surface area contributed by atoms with Gasteiger partial charge in [0.25, 0.3) is 0 Å². The summed E-state index contributed by atoms with van der Waals surface area (Å²) in [6.45, 7) is 10.6. The van der Waals surface area contributed by atoms with Crippen LogP contribution < -0.4 is 11.1 Å². The van der Waals surface area contributed by atoms with E-state index in [0.29, 0.717) is 19.8 Å². The summed E-state index contributed by atoms with van der Waals surface area (Å²) in [5.41, 5.74) is 5.44. The Morgan fingerprint density at radius 2 is 1.91 bits per heavy atom. The molecule has 1 fully saturated rings. The summed E-state index contributed by atoms with van der Waals surface area (Å²) in [6, 6.07) is -1.05. The number of hydrogen-bond acceptors (Lipinski definition) is 7. The molecule has 0 aromatic heterocycles. The number of nitrogens with two attached hydrogens (primary N) is 1. The maximum absolute atomic E-state index is 12.2. The van der Waals surface area contributed by atoms with E-state index in [-0.39, 0.29) is 18.3 Å². The molecular formula is C15H29N3O4. The second kappa shape index (κ2) is 8.57. The number of carbonyl (C=O) groups is 2. The van der Waals surface area contributed by atoms with Crippen molar-refractivity contribution in [3.05, 3.63) is 0 Å². The van der Waals surface area contributed by atoms with Crippen molar-refractivity contribution in [3.63, 3.8) is 0 Å². The van der Waals surface area contributed by atoms with Gasteiger partial charge in [-0.2, -0.15) is 0 Å². The van der Waals surface area contributed by atoms with E-state index in [9.17, 15) is 9.59 Å². The van der Waals surface area contributed by atoms with E-state index in [4.69, 9.17) is 15.2 Å². The van der Waals surface area contributed by atoms with E-state index in [1.807, 2.05) is 0 Å². The number of morpholine rings is 1. The maximum atomic E-state index is 12.2. The maximum Gasteiger partial charge on any atom is 0.320 e. The summed E-state index contributed by atoms with van der Waals surface area (Å²) in [6.07, 6.45) is 0. The lowest BCUT2D eigenvalue weighted by Gasteiger charge is -2.29. The summed E-state index contributed by atoms with van der Waals surface area (Å²) < 4.78 is 10.4. The molecule has 1 aliphatic heterocycles. The van der Waals surface area contributed by atoms with Gasteiger partial charge in [0.15, 0.2) is 5.78 Å². The minimum atomic E-state index is -0.570. The van der Waals surface area contributed by atoms with E-state index in [1.54, 1.807) is 27.7 Å². The fraction of sp³-hybridized carbons (Fsp3) is 0.867. The highest BCUT2D eigenvalue weighted by Gasteiger charge is 2.24. The van der Waals surface area contributed by atoms with Crippen LogP contribution in [0.1, 0.15) is 27.7 Å². The van der Waals surface area contributed by atoms with Gasteiger partial charge in [-0.05, 0) is 27.7 Å². The lowest BCUT2D eigenvalue weighted by molar-refractivity contribution is -0.153. The van der Waals surface area contributed by atoms with Crippen LogP contribution in [0.15, 0.2) is 0 Å². The standard InChI is InChI=1S/C15H29N3O4/c1-11(17-9-13(19)22-15(2,3)4)14(20)12(16)10-18-5-7-21-8-6-18/h11-12,17H,5-10,16H2,1-4H3/t11-,12?/m0/s1. The van der Waals surface area contributed by atoms with E-state index < -0.39 is 17.7 Å². The number of carbonyl (C=O) groups excluding carboxylic acids is 2. The van der Waals surface area contributed by atoms with Gasteiger partial charge in [-0.3, -0.25) is 19.8 Å². The van der Waals surface area contributed by atoms with E-state index in [1.165, 1.54) is 0 Å². The first-order chi connectivity index (χ1) is 10.2. The van der Waals surface area contributed by atoms with Gasteiger partial charge in [0, 0.05) is 19.6 Å². The molecule has 128 valence electrons. The van der Waals surface area contributed by atoms with Crippen molar-refractivity contribution in [2.45, 2.75) is 45.4 Å². The van der Waals surface area contributed by atoms with Crippen LogP contribution in [-0.4, -0.2) is 73.7 Å². The van der Waals surface area contributed by atoms with E-state index >= 15 is 0 Å². The predicted octanol–water partition coefficient (Wildman–Crippen LogP) is -0.465. The van der Waals surface area contributed by atoms with Crippen LogP contribution in [0.25, 0.3) is 0 Å². The number of nitrogens with one attached hydrogen (secondary N) is 1. The minimum Gasteiger partial charge on any atom is -0.459 e. The van der Waals surface area contributed by atoms with Crippen LogP contribution in [0.2, 0.25) is 0 Å². The van der Waals surface area contributed by atoms with Crippen LogP contribution in [0.5, 0.6) is 0 Å². The third-order valence-electron chi connectivity index (χ3n) is 3.32. The minimum absolute atomic E-state index is 0.00551. The Balaban J connectivity index is 2.32. The summed E-state index contributed by atoms with van der Waals surface area (Å²) >= 11 is 0. The first-order valence-electron chi connectivity index (χ1n) is 7.73. The largest absolute Gasteiger partial charge is 0.459 e. The molecule has 0 spiro atoms. The topological polar surface area (TPSA) is 93.9 Å². The van der Waals surface area contributed by atoms with Crippen molar-refractivity contribution < 1.29 is 19.1 Å². The number of ether oxygens (including phenoxy) is 2. The molecule has 1 rings (SSSR count). The molecular weight excluding hydrogens is 286 g/mol. The number of rotatable bonds is 7. The van der Waals surface area contributed by atoms with Gasteiger partial charge in [-0.25, -0.2) is 0 Å². The van der Waals surface area contributed by atoms with Gasteiger partial charge in [-0.15, -0.1) is 0 Å². The van der Waals surface area contributed by atoms with Crippen LogP contribution in [0, 0.1) is 0 Å². The summed E-state index contributed by atoms with van der Waals surface area (Å²) in [4.78, 5) is 26.0. The Morgan fingerprint density at radius 3 is 2.45 bits per heavy atom. The number of esters is 1. The summed E-state index contributed by atoms with van der Waals surface area (Å²) in [5, 5.41) is 2.88. The molecule has 7 nitrogen and oxygen atoms in total. The van der Waals surface area contributed by atoms with Crippen LogP contribution in [0.4, 0.5) is 0 Å². The third-order valence-corrected chi connectivity index (χ3v) is 3.32. The molecule has 1 aliphatic rings. The SMILES string of the molecule is C[C@H](NCC(=O)OC(C)(C)C)C(=O)C(N)CN1CCOCC1. The molecule has 0 aliphatic carbocycles. The molecule has 22 heavy (non-hydrogen) atoms. The lowest BCUT2D eigenvalue weighted by atomic mass is 10.1. The number of Topliss-reactive ketones (excluding diaryl/α,β-unsaturated/α-hetero) is 1. The fourth-order valence-electron chi connectivity index (χ4n) is 2.19. The van der Waals surface area contributed by atoms with Gasteiger partial charge in [0.2, 0.25) is 0 Å². The predicted molar refractivity (Wildman–Crippen MR) is 83.6 cm³/mol. The normalized spacial score (nSPS) is 19.5. The zero-order chi connectivity index (χ0) is 16.8. The molecule has 1 saturated heterocycles. The van der Waals surface area contributed by atoms with Crippen molar-refractivity contribution in [1.29, 1.82) is 0 Å². The highest BCUT2D eigenvalue weighted by atomic mass is 16.6. The van der Waals surface area contributed by atoms with Crippen LogP contribution in [-0.2, 0) is 19.1 Å². The van der Waals surface area contributed by atoms with Crippen molar-refractivity contribution in [3.8, 4) is 0 Å². The van der Waals surface area contributed by atoms with Gasteiger partial charge in [0.05, 0.1) is 31.8 Å². The second-order valence-electron chi connectivity index (χ2n) is 6.61. The monoisotopic (exact) mass is 315 g/mol. The van der Waals surface area contributed by atoms with E-state index in [0.717, 1.165) is 13.1 Å². The smallest absolute Gasteiger partial charge is 0.320 e. The number of nitrogens with zero attached hydrogens (tertiary/aromatic N) is 1. The zero-order valence-corrected chi connectivity index (χ0v) is 14.1. The molecule has 1 heterocycles. The molecule has 0 bridgehead atoms. The highest BCUT2D eigenvalue weighted by Crippen LogP contribution is 2.06. The summed E-state index contributed by atoms with van der Waals surface area (Å²) in [7, 11) is 0. The molecule has 0 amide bonds. The lowest BCUT2D eigenvalue weighted by Crippen LogP contribution is -2.52. The Labute approximate surface area is 132 Å². The van der Waals surface area contributed by atoms with Gasteiger partial charge in [-0.1, -0.05) is 0 Å². The average Bonchev–Trinajstić information content (AvgIpc) is 2.43. The Morgan fingerprint density at radius 1 is 1.32 bits per heavy atom. The van der Waals surface area contributed by atoms with Gasteiger partial charge >= 0.3 is 5.97 Å². The quantitative estimate of drug-likeness (QED) is 0.614. The van der Waals surface area contributed by atoms with Gasteiger partial charge in [0.1, 0.15) is 5.60 Å². The Kier molecular flexibility index (Phi) is 7.41. The molecule has 0 saturated carbocycles. The molecule has 0 aromatic carbocycles. The number of hydrogen-bond donors (Lipinski definition) is 2. The highest BCUT2D eigenvalue weighted by molar-refractivity contribution is 5.89. The third kappa shape index (κ3) is 7.31. The van der Waals surface area contributed by atoms with E-state index in [2.05, 4.69) is 10.2 Å². The first kappa shape index (κ1) is 19.0. The second-order valence-corrected chi connectivity index (χ2v) is 6.61. The Hall–Kier alpha value is -1.02. The van der Waals surface area contributed by atoms with Crippen molar-refractivity contribution in [1.82, 2.24) is 10.2 Å². The molecule has 3 N–H and O–H groups in total. The van der Waals surface area contributed by atoms with Crippen LogP contribution in [0.3, 0.4) is 0 Å². The average molecular weight is 315 g/mol. The zero-order valence-electron chi connectivity index (χ0n) is 14.1. The van der Waals surface area contributed by atoms with Crippen molar-refractivity contribution in [2.24, 2.45) is 5.73 Å². The molecule has 1 unspecified atom stereocenters. The first-order valence-corrected chi connectivity index (χ1v) is 7.73. The Bertz CT molecular complexity index is 375.